The van der Waals surface area contributed by atoms with Gasteiger partial charge in [0.05, 0.1) is 21.4 Å². The van der Waals surface area contributed by atoms with E-state index in [1.54, 1.807) is 11.3 Å². The molecule has 3 aromatic heterocycles. The normalized spacial score (nSPS) is 12.2. The summed E-state index contributed by atoms with van der Waals surface area (Å²) in [6.45, 7) is 11.1. The molecule has 0 saturated carbocycles. The van der Waals surface area contributed by atoms with Gasteiger partial charge in [-0.05, 0) is 53.8 Å². The molecule has 0 amide bonds. The highest BCUT2D eigenvalue weighted by atomic mass is 32.1. The Labute approximate surface area is 263 Å². The van der Waals surface area contributed by atoms with E-state index in [4.69, 9.17) is 15.0 Å². The Kier molecular flexibility index (Phi) is 7.10. The van der Waals surface area contributed by atoms with Crippen LogP contribution in [0.1, 0.15) is 50.9 Å². The van der Waals surface area contributed by atoms with E-state index in [0.29, 0.717) is 0 Å². The number of pyridine rings is 1. The molecule has 216 valence electrons. The van der Waals surface area contributed by atoms with Crippen LogP contribution in [0.5, 0.6) is 0 Å². The molecule has 0 N–H and O–H groups in total. The van der Waals surface area contributed by atoms with Gasteiger partial charge in [-0.25, -0.2) is 9.97 Å². The van der Waals surface area contributed by atoms with Gasteiger partial charge < -0.3 is 0 Å². The number of benzene rings is 4. The summed E-state index contributed by atoms with van der Waals surface area (Å²) in [5.74, 6) is 0.745. The summed E-state index contributed by atoms with van der Waals surface area (Å²) in [6, 6.07) is 34.4. The van der Waals surface area contributed by atoms with Crippen molar-refractivity contribution in [2.75, 3.05) is 0 Å². The van der Waals surface area contributed by atoms with Crippen molar-refractivity contribution in [1.29, 1.82) is 0 Å². The predicted octanol–water partition coefficient (Wildman–Crippen LogP) is 11.4. The van der Waals surface area contributed by atoms with Crippen LogP contribution in [0, 0.1) is 6.92 Å². The maximum Gasteiger partial charge on any atom is 0.160 e. The minimum absolute atomic E-state index is 0.0945. The quantitative estimate of drug-likeness (QED) is 0.200. The number of aromatic nitrogens is 3. The van der Waals surface area contributed by atoms with Gasteiger partial charge in [-0.15, -0.1) is 11.3 Å². The van der Waals surface area contributed by atoms with Gasteiger partial charge in [0.25, 0.3) is 0 Å². The average molecular weight is 590 g/mol. The summed E-state index contributed by atoms with van der Waals surface area (Å²) in [5.41, 5.74) is 10.9. The van der Waals surface area contributed by atoms with Crippen LogP contribution in [-0.2, 0) is 5.41 Å². The van der Waals surface area contributed by atoms with Gasteiger partial charge >= 0.3 is 0 Å². The number of aryl methyl sites for hydroxylation is 1. The number of thiophene rings is 1. The second kappa shape index (κ2) is 11.1. The van der Waals surface area contributed by atoms with Gasteiger partial charge in [-0.2, -0.15) is 0 Å². The SMILES string of the molecule is CC/C=C\c1ccc2c(-c3cccc(-c4nc(-c5ccccc5)nc5c4sc4ccccc45)c3)cc(C(C)(C)C)nc2c1C. The minimum Gasteiger partial charge on any atom is -0.252 e. The first kappa shape index (κ1) is 28.1. The average Bonchev–Trinajstić information content (AvgIpc) is 3.42. The standard InChI is InChI=1S/C40H35N3S/c1-6-7-14-26-21-22-30-32(24-34(40(3,4)5)41-35(30)25(26)2)28-17-13-18-29(23-28)36-38-37(31-19-11-12-20-33(31)44-38)43-39(42-36)27-15-9-8-10-16-27/h7-24H,6H2,1-5H3/b14-7-. The van der Waals surface area contributed by atoms with Gasteiger partial charge in [0.15, 0.2) is 5.82 Å². The molecular weight excluding hydrogens is 555 g/mol. The summed E-state index contributed by atoms with van der Waals surface area (Å²) in [4.78, 5) is 15.6. The van der Waals surface area contributed by atoms with E-state index in [1.807, 2.05) is 18.2 Å². The zero-order valence-corrected chi connectivity index (χ0v) is 26.7. The van der Waals surface area contributed by atoms with Gasteiger partial charge in [0.1, 0.15) is 0 Å². The van der Waals surface area contributed by atoms with Crippen molar-refractivity contribution >= 4 is 48.6 Å². The van der Waals surface area contributed by atoms with Crippen molar-refractivity contribution in [3.05, 3.63) is 120 Å². The van der Waals surface area contributed by atoms with E-state index in [1.165, 1.54) is 32.2 Å². The molecule has 3 heterocycles. The Morgan fingerprint density at radius 2 is 1.45 bits per heavy atom. The molecule has 4 aromatic carbocycles. The number of hydrogen-bond acceptors (Lipinski definition) is 4. The predicted molar refractivity (Wildman–Crippen MR) is 189 cm³/mol. The lowest BCUT2D eigenvalue weighted by atomic mass is 9.87. The van der Waals surface area contributed by atoms with Crippen LogP contribution in [-0.4, -0.2) is 15.0 Å². The zero-order valence-electron chi connectivity index (χ0n) is 25.8. The van der Waals surface area contributed by atoms with Gasteiger partial charge in [0, 0.05) is 37.7 Å². The third-order valence-corrected chi connectivity index (χ3v) is 9.44. The van der Waals surface area contributed by atoms with Crippen LogP contribution in [0.15, 0.2) is 103 Å². The smallest absolute Gasteiger partial charge is 0.160 e. The second-order valence-electron chi connectivity index (χ2n) is 12.4. The fourth-order valence-corrected chi connectivity index (χ4v) is 6.98. The molecule has 0 aliphatic carbocycles. The van der Waals surface area contributed by atoms with Crippen LogP contribution >= 0.6 is 11.3 Å². The zero-order chi connectivity index (χ0) is 30.4. The highest BCUT2D eigenvalue weighted by Gasteiger charge is 2.21. The molecule has 3 nitrogen and oxygen atoms in total. The molecule has 0 spiro atoms. The molecule has 0 radical (unpaired) electrons. The Morgan fingerprint density at radius 3 is 2.25 bits per heavy atom. The van der Waals surface area contributed by atoms with Crippen LogP contribution in [0.4, 0.5) is 0 Å². The molecular formula is C40H35N3S. The summed E-state index contributed by atoms with van der Waals surface area (Å²) in [7, 11) is 0. The molecule has 0 unspecified atom stereocenters. The van der Waals surface area contributed by atoms with Gasteiger partial charge in [-0.1, -0.05) is 119 Å². The Balaban J connectivity index is 1.48. The first-order chi connectivity index (χ1) is 21.3. The number of allylic oxidation sites excluding steroid dienone is 1. The molecule has 0 aliphatic rings. The van der Waals surface area contributed by atoms with Crippen molar-refractivity contribution in [3.63, 3.8) is 0 Å². The van der Waals surface area contributed by atoms with E-state index in [0.717, 1.165) is 56.1 Å². The first-order valence-electron chi connectivity index (χ1n) is 15.3. The lowest BCUT2D eigenvalue weighted by Crippen LogP contribution is -2.14. The molecule has 0 fully saturated rings. The Hall–Kier alpha value is -4.67. The fourth-order valence-electron chi connectivity index (χ4n) is 5.83. The molecule has 0 atom stereocenters. The molecule has 7 rings (SSSR count). The van der Waals surface area contributed by atoms with E-state index < -0.39 is 0 Å². The minimum atomic E-state index is -0.0945. The first-order valence-corrected chi connectivity index (χ1v) is 16.1. The van der Waals surface area contributed by atoms with Crippen molar-refractivity contribution in [3.8, 4) is 33.8 Å². The van der Waals surface area contributed by atoms with E-state index in [2.05, 4.69) is 126 Å². The van der Waals surface area contributed by atoms with Crippen molar-refractivity contribution in [1.82, 2.24) is 15.0 Å². The van der Waals surface area contributed by atoms with E-state index >= 15 is 0 Å². The lowest BCUT2D eigenvalue weighted by molar-refractivity contribution is 0.571. The number of hydrogen-bond donors (Lipinski definition) is 0. The maximum atomic E-state index is 5.24. The fraction of sp³-hybridized carbons (Fsp3) is 0.175. The number of fused-ring (bicyclic) bond motifs is 4. The third kappa shape index (κ3) is 4.99. The van der Waals surface area contributed by atoms with E-state index in [-0.39, 0.29) is 5.41 Å². The topological polar surface area (TPSA) is 38.7 Å². The van der Waals surface area contributed by atoms with Crippen molar-refractivity contribution < 1.29 is 0 Å². The molecule has 4 heteroatoms. The highest BCUT2D eigenvalue weighted by molar-refractivity contribution is 7.26. The Morgan fingerprint density at radius 1 is 0.705 bits per heavy atom. The molecule has 7 aromatic rings. The molecule has 0 saturated heterocycles. The van der Waals surface area contributed by atoms with Crippen LogP contribution in [0.2, 0.25) is 0 Å². The number of rotatable bonds is 5. The Bertz CT molecular complexity index is 2200. The summed E-state index contributed by atoms with van der Waals surface area (Å²) in [5, 5.41) is 2.34. The lowest BCUT2D eigenvalue weighted by Gasteiger charge is -2.21. The summed E-state index contributed by atoms with van der Waals surface area (Å²) in [6.07, 6.45) is 5.44. The monoisotopic (exact) mass is 589 g/mol. The molecule has 0 aliphatic heterocycles. The van der Waals surface area contributed by atoms with Crippen molar-refractivity contribution in [2.24, 2.45) is 0 Å². The van der Waals surface area contributed by atoms with Gasteiger partial charge in [-0.3, -0.25) is 4.98 Å². The van der Waals surface area contributed by atoms with Crippen LogP contribution in [0.25, 0.3) is 71.1 Å². The van der Waals surface area contributed by atoms with Crippen LogP contribution in [0.3, 0.4) is 0 Å². The van der Waals surface area contributed by atoms with Gasteiger partial charge in [0.2, 0.25) is 0 Å². The highest BCUT2D eigenvalue weighted by Crippen LogP contribution is 2.41. The molecule has 0 bridgehead atoms. The second-order valence-corrected chi connectivity index (χ2v) is 13.5. The maximum absolute atomic E-state index is 5.24. The largest absolute Gasteiger partial charge is 0.252 e. The van der Waals surface area contributed by atoms with Crippen LogP contribution < -0.4 is 0 Å². The van der Waals surface area contributed by atoms with Crippen molar-refractivity contribution in [2.45, 2.75) is 46.5 Å². The summed E-state index contributed by atoms with van der Waals surface area (Å²) >= 11 is 1.77. The number of nitrogens with zero attached hydrogens (tertiary/aromatic N) is 3. The third-order valence-electron chi connectivity index (χ3n) is 8.28. The summed E-state index contributed by atoms with van der Waals surface area (Å²) < 4.78 is 2.33. The van der Waals surface area contributed by atoms with E-state index in [9.17, 15) is 0 Å². The molecule has 44 heavy (non-hydrogen) atoms.